The number of carbonyl (C=O) groups excluding carboxylic acids is 1. The Kier molecular flexibility index (Phi) is 8.85. The van der Waals surface area contributed by atoms with Crippen molar-refractivity contribution < 1.29 is 22.9 Å². The highest BCUT2D eigenvalue weighted by Crippen LogP contribution is 2.38. The Labute approximate surface area is 161 Å². The smallest absolute Gasteiger partial charge is 0.399 e. The molecule has 1 amide bonds. The first kappa shape index (κ1) is 23.5. The maximum Gasteiger partial charge on any atom is 0.495 e. The Hall–Kier alpha value is -1.51. The molecule has 1 N–H and O–H groups in total. The molecule has 0 aromatic carbocycles. The van der Waals surface area contributed by atoms with E-state index >= 15 is 0 Å². The fourth-order valence-electron chi connectivity index (χ4n) is 2.53. The van der Waals surface area contributed by atoms with Gasteiger partial charge in [0.25, 0.3) is 0 Å². The minimum atomic E-state index is -0.850. The fraction of sp³-hybridized carbons (Fsp3) is 0.632. The monoisotopic (exact) mass is 384 g/mol. The van der Waals surface area contributed by atoms with Crippen LogP contribution in [-0.2, 0) is 14.1 Å². The van der Waals surface area contributed by atoms with Crippen LogP contribution < -0.4 is 5.32 Å². The molecule has 27 heavy (non-hydrogen) atoms. The normalized spacial score (nSPS) is 23.3. The molecule has 5 nitrogen and oxygen atoms in total. The molecule has 0 saturated carbocycles. The molecule has 0 aromatic rings. The lowest BCUT2D eigenvalue weighted by Gasteiger charge is -2.32. The van der Waals surface area contributed by atoms with Crippen molar-refractivity contribution in [2.75, 3.05) is 26.2 Å². The zero-order valence-electron chi connectivity index (χ0n) is 17.1. The van der Waals surface area contributed by atoms with E-state index in [1.807, 2.05) is 46.4 Å². The minimum absolute atomic E-state index is 0.0751. The van der Waals surface area contributed by atoms with E-state index < -0.39 is 24.1 Å². The lowest BCUT2D eigenvalue weighted by atomic mass is 9.77. The standard InChI is InChI=1S/C17H25BF2N2O3.C2H6/c1-16(2)17(3,4)25-18(24-16)13(5-7-19)11-14(20)6-9-22-10-8-21-15(23)12-22;1-2/h5-7,11H,8-10,12H2,1-4H3,(H,21,23);1-2H3/b7-5+,13-11+,14-6-;. The van der Waals surface area contributed by atoms with Crippen molar-refractivity contribution in [2.24, 2.45) is 0 Å². The van der Waals surface area contributed by atoms with Gasteiger partial charge in [0.2, 0.25) is 5.91 Å². The Morgan fingerprint density at radius 1 is 1.26 bits per heavy atom. The highest BCUT2D eigenvalue weighted by Gasteiger charge is 2.52. The van der Waals surface area contributed by atoms with Gasteiger partial charge in [-0.05, 0) is 51.4 Å². The summed E-state index contributed by atoms with van der Waals surface area (Å²) in [6.45, 7) is 13.2. The van der Waals surface area contributed by atoms with E-state index in [2.05, 4.69) is 5.32 Å². The molecule has 2 rings (SSSR count). The van der Waals surface area contributed by atoms with Crippen molar-refractivity contribution in [3.05, 3.63) is 35.9 Å². The van der Waals surface area contributed by atoms with Gasteiger partial charge < -0.3 is 14.6 Å². The third kappa shape index (κ3) is 6.55. The number of allylic oxidation sites excluding steroid dienone is 4. The van der Waals surface area contributed by atoms with Crippen molar-refractivity contribution in [1.29, 1.82) is 0 Å². The predicted molar refractivity (Wildman–Crippen MR) is 104 cm³/mol. The number of carbonyl (C=O) groups is 1. The van der Waals surface area contributed by atoms with Gasteiger partial charge in [0.15, 0.2) is 0 Å². The van der Waals surface area contributed by atoms with Crippen molar-refractivity contribution in [3.63, 3.8) is 0 Å². The van der Waals surface area contributed by atoms with Crippen LogP contribution in [0.5, 0.6) is 0 Å². The summed E-state index contributed by atoms with van der Waals surface area (Å²) in [4.78, 5) is 13.1. The predicted octanol–water partition coefficient (Wildman–Crippen LogP) is 3.34. The summed E-state index contributed by atoms with van der Waals surface area (Å²) in [5, 5.41) is 2.71. The van der Waals surface area contributed by atoms with Crippen molar-refractivity contribution in [3.8, 4) is 0 Å². The Morgan fingerprint density at radius 2 is 1.85 bits per heavy atom. The van der Waals surface area contributed by atoms with E-state index in [4.69, 9.17) is 9.31 Å². The molecular weight excluding hydrogens is 353 g/mol. The number of halogens is 2. The molecule has 2 aliphatic heterocycles. The van der Waals surface area contributed by atoms with Gasteiger partial charge in [-0.1, -0.05) is 13.8 Å². The summed E-state index contributed by atoms with van der Waals surface area (Å²) < 4.78 is 38.6. The summed E-state index contributed by atoms with van der Waals surface area (Å²) >= 11 is 0. The van der Waals surface area contributed by atoms with E-state index in [0.29, 0.717) is 26.0 Å². The third-order valence-electron chi connectivity index (χ3n) is 4.75. The average Bonchev–Trinajstić information content (AvgIpc) is 2.82. The molecule has 0 spiro atoms. The van der Waals surface area contributed by atoms with Crippen LogP contribution >= 0.6 is 0 Å². The molecular formula is C19H31BF2N2O3. The third-order valence-corrected chi connectivity index (χ3v) is 4.75. The van der Waals surface area contributed by atoms with Crippen LogP contribution in [0.2, 0.25) is 0 Å². The van der Waals surface area contributed by atoms with Crippen LogP contribution in [-0.4, -0.2) is 55.3 Å². The van der Waals surface area contributed by atoms with Crippen LogP contribution in [0.1, 0.15) is 41.5 Å². The summed E-state index contributed by atoms with van der Waals surface area (Å²) in [7, 11) is -0.850. The van der Waals surface area contributed by atoms with Gasteiger partial charge in [0, 0.05) is 19.6 Å². The molecule has 0 unspecified atom stereocenters. The molecule has 0 aliphatic carbocycles. The van der Waals surface area contributed by atoms with Crippen molar-refractivity contribution in [2.45, 2.75) is 52.7 Å². The molecule has 2 heterocycles. The number of hydrogen-bond acceptors (Lipinski definition) is 4. The SMILES string of the molecule is CC.CC1(C)OB(C(=C/C(F)=C/CN2CCNC(=O)C2)/C=C/F)OC1(C)C. The molecule has 8 heteroatoms. The van der Waals surface area contributed by atoms with Gasteiger partial charge >= 0.3 is 7.12 Å². The first-order chi connectivity index (χ1) is 12.6. The second-order valence-electron chi connectivity index (χ2n) is 7.20. The lowest BCUT2D eigenvalue weighted by Crippen LogP contribution is -2.47. The second-order valence-corrected chi connectivity index (χ2v) is 7.20. The van der Waals surface area contributed by atoms with Crippen molar-refractivity contribution in [1.82, 2.24) is 10.2 Å². The summed E-state index contributed by atoms with van der Waals surface area (Å²) in [5.41, 5.74) is -0.934. The first-order valence-electron chi connectivity index (χ1n) is 9.33. The molecule has 0 atom stereocenters. The van der Waals surface area contributed by atoms with Gasteiger partial charge in [-0.25, -0.2) is 8.78 Å². The van der Waals surface area contributed by atoms with Gasteiger partial charge in [0.05, 0.1) is 24.1 Å². The highest BCUT2D eigenvalue weighted by atomic mass is 19.1. The van der Waals surface area contributed by atoms with Crippen LogP contribution in [0.15, 0.2) is 35.9 Å². The number of piperazine rings is 1. The van der Waals surface area contributed by atoms with E-state index in [1.165, 1.54) is 12.2 Å². The van der Waals surface area contributed by atoms with E-state index in [9.17, 15) is 13.6 Å². The number of nitrogens with one attached hydrogen (secondary N) is 1. The molecule has 152 valence electrons. The summed E-state index contributed by atoms with van der Waals surface area (Å²) in [6.07, 6.45) is 4.02. The van der Waals surface area contributed by atoms with Crippen molar-refractivity contribution >= 4 is 13.0 Å². The van der Waals surface area contributed by atoms with E-state index in [-0.39, 0.29) is 17.9 Å². The molecule has 2 aliphatic rings. The number of nitrogens with zero attached hydrogens (tertiary/aromatic N) is 1. The van der Waals surface area contributed by atoms with Crippen LogP contribution in [0, 0.1) is 0 Å². The van der Waals surface area contributed by atoms with Gasteiger partial charge in [-0.2, -0.15) is 0 Å². The maximum absolute atomic E-state index is 14.3. The quantitative estimate of drug-likeness (QED) is 0.584. The zero-order chi connectivity index (χ0) is 20.7. The largest absolute Gasteiger partial charge is 0.495 e. The van der Waals surface area contributed by atoms with Gasteiger partial charge in [-0.15, -0.1) is 0 Å². The Balaban J connectivity index is 0.00000176. The van der Waals surface area contributed by atoms with Gasteiger partial charge in [0.1, 0.15) is 5.83 Å². The first-order valence-corrected chi connectivity index (χ1v) is 9.33. The summed E-state index contributed by atoms with van der Waals surface area (Å²) in [6, 6.07) is 0. The Bertz CT molecular complexity index is 588. The molecule has 2 saturated heterocycles. The minimum Gasteiger partial charge on any atom is -0.399 e. The van der Waals surface area contributed by atoms with E-state index in [1.54, 1.807) is 0 Å². The molecule has 0 bridgehead atoms. The highest BCUT2D eigenvalue weighted by molar-refractivity contribution is 6.55. The van der Waals surface area contributed by atoms with E-state index in [0.717, 1.165) is 6.08 Å². The number of amides is 1. The topological polar surface area (TPSA) is 50.8 Å². The average molecular weight is 384 g/mol. The maximum atomic E-state index is 14.3. The molecule has 0 radical (unpaired) electrons. The lowest BCUT2D eigenvalue weighted by molar-refractivity contribution is -0.123. The summed E-state index contributed by atoms with van der Waals surface area (Å²) in [5.74, 6) is -0.609. The Morgan fingerprint density at radius 3 is 2.37 bits per heavy atom. The zero-order valence-corrected chi connectivity index (χ0v) is 17.1. The number of rotatable bonds is 5. The van der Waals surface area contributed by atoms with Crippen LogP contribution in [0.25, 0.3) is 0 Å². The second kappa shape index (κ2) is 10.2. The molecule has 0 aromatic heterocycles. The number of hydrogen-bond donors (Lipinski definition) is 1. The van der Waals surface area contributed by atoms with Crippen LogP contribution in [0.4, 0.5) is 8.78 Å². The van der Waals surface area contributed by atoms with Gasteiger partial charge in [-0.3, -0.25) is 9.69 Å². The molecule has 2 fully saturated rings. The fourth-order valence-corrected chi connectivity index (χ4v) is 2.53. The van der Waals surface area contributed by atoms with Crippen LogP contribution in [0.3, 0.4) is 0 Å².